The Bertz CT molecular complexity index is 1300. The first-order valence-corrected chi connectivity index (χ1v) is 24.0. The second kappa shape index (κ2) is 14.6. The maximum absolute atomic E-state index is 13.6. The molecule has 42 heavy (non-hydrogen) atoms. The van der Waals surface area contributed by atoms with Gasteiger partial charge in [-0.1, -0.05) is 0 Å². The van der Waals surface area contributed by atoms with Gasteiger partial charge in [0.25, 0.3) is 0 Å². The molecule has 2 aliphatic rings. The van der Waals surface area contributed by atoms with Gasteiger partial charge >= 0.3 is 267 Å². The van der Waals surface area contributed by atoms with E-state index in [2.05, 4.69) is 41.5 Å². The fraction of sp³-hybridized carbons (Fsp3) is 0.625. The molecule has 0 bridgehead atoms. The minimum atomic E-state index is -3.98. The third-order valence-electron chi connectivity index (χ3n) is 8.88. The first-order valence-electron chi connectivity index (χ1n) is 15.2. The SMILES string of the molecule is CC(C)[C@H]1CC[C@H](C)C[C@@H]1OS(=O)(=O)c1ccccc1[Se][Se]c1ccccc1S(=O)(=O)O[C@H]1C[C@@H](C)CC[C@@H]1C(C)C. The molecule has 0 heterocycles. The van der Waals surface area contributed by atoms with Crippen molar-refractivity contribution < 1.29 is 25.2 Å². The molecular weight excluding hydrogens is 702 g/mol. The number of hydrogen-bond donors (Lipinski definition) is 0. The standard InChI is InChI=1S/C32H46O6S2Se2/c1-21(2)25-17-15-23(5)19-27(25)37-39(33,34)29-11-7-9-13-31(29)41-42-32-14-10-8-12-30(32)40(35,36)38-28-20-24(6)16-18-26(28)22(3)4/h7-14,21-28H,15-20H2,1-6H3/t23-,24-,25+,26+,27-,28-/m0/s1. The van der Waals surface area contributed by atoms with Gasteiger partial charge in [-0.15, -0.1) is 0 Å². The molecule has 2 aromatic carbocycles. The maximum atomic E-state index is 13.6. The first kappa shape index (κ1) is 34.2. The van der Waals surface area contributed by atoms with Crippen molar-refractivity contribution in [3.8, 4) is 0 Å². The summed E-state index contributed by atoms with van der Waals surface area (Å²) in [5.41, 5.74) is 0. The molecule has 0 N–H and O–H groups in total. The van der Waals surface area contributed by atoms with E-state index in [0.717, 1.165) is 38.5 Å². The first-order chi connectivity index (χ1) is 19.8. The molecule has 10 heteroatoms. The normalized spacial score (nSPS) is 27.4. The van der Waals surface area contributed by atoms with Gasteiger partial charge in [-0.3, -0.25) is 0 Å². The van der Waals surface area contributed by atoms with Crippen LogP contribution >= 0.6 is 0 Å². The van der Waals surface area contributed by atoms with Crippen molar-refractivity contribution in [2.75, 3.05) is 0 Å². The van der Waals surface area contributed by atoms with Crippen molar-refractivity contribution in [1.29, 1.82) is 0 Å². The zero-order valence-corrected chi connectivity index (χ0v) is 30.6. The molecule has 6 nitrogen and oxygen atoms in total. The van der Waals surface area contributed by atoms with Crippen LogP contribution in [-0.2, 0) is 28.6 Å². The van der Waals surface area contributed by atoms with Crippen LogP contribution < -0.4 is 8.92 Å². The zero-order chi connectivity index (χ0) is 30.7. The molecule has 0 aromatic heterocycles. The topological polar surface area (TPSA) is 86.7 Å². The molecule has 2 saturated carbocycles. The van der Waals surface area contributed by atoms with E-state index >= 15 is 0 Å². The molecule has 2 fully saturated rings. The Morgan fingerprint density at radius 3 is 1.33 bits per heavy atom. The molecule has 4 rings (SSSR count). The van der Waals surface area contributed by atoms with Crippen LogP contribution in [0.15, 0.2) is 58.3 Å². The zero-order valence-electron chi connectivity index (χ0n) is 25.6. The molecule has 0 unspecified atom stereocenters. The molecular formula is C32H46O6S2Se2. The fourth-order valence-corrected chi connectivity index (χ4v) is 18.5. The summed E-state index contributed by atoms with van der Waals surface area (Å²) in [7, 11) is -7.96. The van der Waals surface area contributed by atoms with Crippen molar-refractivity contribution in [1.82, 2.24) is 0 Å². The van der Waals surface area contributed by atoms with Crippen molar-refractivity contribution in [2.45, 2.75) is 102 Å². The molecule has 2 aliphatic carbocycles. The predicted octanol–water partition coefficient (Wildman–Crippen LogP) is 5.29. The second-order valence-electron chi connectivity index (χ2n) is 12.9. The summed E-state index contributed by atoms with van der Waals surface area (Å²) in [6.07, 6.45) is 4.95. The van der Waals surface area contributed by atoms with Gasteiger partial charge in [-0.25, -0.2) is 0 Å². The summed E-state index contributed by atoms with van der Waals surface area (Å²) in [5, 5.41) is 0. The van der Waals surface area contributed by atoms with E-state index in [1.54, 1.807) is 24.3 Å². The Hall–Kier alpha value is -0.701. The van der Waals surface area contributed by atoms with Crippen molar-refractivity contribution >= 4 is 55.4 Å². The quantitative estimate of drug-likeness (QED) is 0.230. The van der Waals surface area contributed by atoms with Crippen LogP contribution in [0.2, 0.25) is 0 Å². The Morgan fingerprint density at radius 1 is 0.619 bits per heavy atom. The van der Waals surface area contributed by atoms with Gasteiger partial charge in [0.2, 0.25) is 0 Å². The van der Waals surface area contributed by atoms with Gasteiger partial charge in [0.1, 0.15) is 0 Å². The van der Waals surface area contributed by atoms with E-state index in [0.29, 0.717) is 32.6 Å². The third-order valence-corrected chi connectivity index (χ3v) is 19.5. The molecule has 0 radical (unpaired) electrons. The average molecular weight is 749 g/mol. The molecule has 6 atom stereocenters. The summed E-state index contributed by atoms with van der Waals surface area (Å²) < 4.78 is 68.0. The van der Waals surface area contributed by atoms with Crippen LogP contribution in [-0.4, -0.2) is 55.3 Å². The summed E-state index contributed by atoms with van der Waals surface area (Å²) in [5.74, 6) is 1.95. The van der Waals surface area contributed by atoms with Gasteiger partial charge in [0.05, 0.1) is 0 Å². The average Bonchev–Trinajstić information content (AvgIpc) is 2.91. The van der Waals surface area contributed by atoms with Gasteiger partial charge in [0.15, 0.2) is 0 Å². The van der Waals surface area contributed by atoms with Gasteiger partial charge < -0.3 is 0 Å². The Kier molecular flexibility index (Phi) is 11.9. The predicted molar refractivity (Wildman–Crippen MR) is 170 cm³/mol. The van der Waals surface area contributed by atoms with Crippen LogP contribution in [0.25, 0.3) is 0 Å². The third kappa shape index (κ3) is 8.51. The van der Waals surface area contributed by atoms with Gasteiger partial charge in [-0.05, 0) is 0 Å². The number of rotatable bonds is 11. The summed E-state index contributed by atoms with van der Waals surface area (Å²) >= 11 is -0.578. The van der Waals surface area contributed by atoms with Crippen LogP contribution in [0.1, 0.15) is 80.1 Å². The Balaban J connectivity index is 1.54. The molecule has 234 valence electrons. The minimum absolute atomic E-state index is 0.206. The van der Waals surface area contributed by atoms with E-state index < -0.39 is 20.2 Å². The molecule has 0 saturated heterocycles. The molecule has 2 aromatic rings. The Labute approximate surface area is 265 Å². The van der Waals surface area contributed by atoms with Gasteiger partial charge in [-0.2, -0.15) is 0 Å². The summed E-state index contributed by atoms with van der Waals surface area (Å²) in [6, 6.07) is 14.1. The van der Waals surface area contributed by atoms with Crippen LogP contribution in [0.4, 0.5) is 0 Å². The summed E-state index contributed by atoms with van der Waals surface area (Å²) in [4.78, 5) is 0.417. The Morgan fingerprint density at radius 2 is 0.976 bits per heavy atom. The van der Waals surface area contributed by atoms with Crippen molar-refractivity contribution in [3.63, 3.8) is 0 Å². The van der Waals surface area contributed by atoms with E-state index in [1.165, 1.54) is 0 Å². The fourth-order valence-electron chi connectivity index (χ4n) is 6.42. The van der Waals surface area contributed by atoms with E-state index in [1.807, 2.05) is 24.3 Å². The van der Waals surface area contributed by atoms with Crippen LogP contribution in [0.5, 0.6) is 0 Å². The van der Waals surface area contributed by atoms with E-state index in [9.17, 15) is 16.8 Å². The molecule has 0 amide bonds. The monoisotopic (exact) mass is 750 g/mol. The van der Waals surface area contributed by atoms with Gasteiger partial charge in [0, 0.05) is 0 Å². The van der Waals surface area contributed by atoms with Crippen molar-refractivity contribution in [2.24, 2.45) is 35.5 Å². The summed E-state index contributed by atoms with van der Waals surface area (Å²) in [6.45, 7) is 12.9. The second-order valence-corrected chi connectivity index (χ2v) is 22.1. The number of hydrogen-bond acceptors (Lipinski definition) is 6. The van der Waals surface area contributed by atoms with Crippen molar-refractivity contribution in [3.05, 3.63) is 48.5 Å². The van der Waals surface area contributed by atoms with E-state index in [4.69, 9.17) is 8.37 Å². The molecule has 0 spiro atoms. The van der Waals surface area contributed by atoms with Crippen LogP contribution in [0.3, 0.4) is 0 Å². The van der Waals surface area contributed by atoms with Crippen LogP contribution in [0, 0.1) is 35.5 Å². The number of benzene rings is 2. The molecule has 0 aliphatic heterocycles. The van der Waals surface area contributed by atoms with E-state index in [-0.39, 0.29) is 60.1 Å².